The second-order valence-electron chi connectivity index (χ2n) is 11.3. The first-order valence-electron chi connectivity index (χ1n) is 12.3. The Hall–Kier alpha value is -2.50. The summed E-state index contributed by atoms with van der Waals surface area (Å²) in [5.41, 5.74) is -1.27. The molecule has 210 valence electrons. The largest absolute Gasteiger partial charge is 0.508 e. The van der Waals surface area contributed by atoms with Crippen molar-refractivity contribution in [3.63, 3.8) is 0 Å². The van der Waals surface area contributed by atoms with Crippen LogP contribution in [0, 0.1) is 11.2 Å². The standard InChI is InChI=1S/C26H40F2N2O7/c1-15-23(36-14-26(6,7)13-27)35-12-21(30(15)24(34)37-25(3,4)5)22(33)20(29-16(2)31)10-17-8-18(28)11-19(32)9-17/h8-9,11,15,20-23,32-33H,10,12-14H2,1-7H3,(H,29,31)/t15-,20-,21+,22-,23-/m0/s1. The number of phenols is 1. The van der Waals surface area contributed by atoms with Gasteiger partial charge in [-0.1, -0.05) is 13.8 Å². The van der Waals surface area contributed by atoms with E-state index in [-0.39, 0.29) is 25.4 Å². The lowest BCUT2D eigenvalue weighted by molar-refractivity contribution is -0.234. The molecule has 1 aliphatic rings. The van der Waals surface area contributed by atoms with Crippen LogP contribution in [0.2, 0.25) is 0 Å². The van der Waals surface area contributed by atoms with E-state index in [0.717, 1.165) is 6.07 Å². The average molecular weight is 531 g/mol. The first-order valence-corrected chi connectivity index (χ1v) is 12.3. The van der Waals surface area contributed by atoms with Gasteiger partial charge in [-0.3, -0.25) is 14.1 Å². The van der Waals surface area contributed by atoms with Crippen molar-refractivity contribution in [2.45, 2.75) is 91.0 Å². The van der Waals surface area contributed by atoms with Crippen molar-refractivity contribution in [3.8, 4) is 5.75 Å². The van der Waals surface area contributed by atoms with Crippen LogP contribution >= 0.6 is 0 Å². The zero-order chi connectivity index (χ0) is 28.1. The molecule has 1 aliphatic heterocycles. The molecule has 5 atom stereocenters. The number of alkyl halides is 1. The Balaban J connectivity index is 2.36. The maximum atomic E-state index is 13.9. The second-order valence-corrected chi connectivity index (χ2v) is 11.3. The zero-order valence-corrected chi connectivity index (χ0v) is 22.6. The number of nitrogens with zero attached hydrogens (tertiary/aromatic N) is 1. The van der Waals surface area contributed by atoms with Crippen molar-refractivity contribution in [2.75, 3.05) is 19.9 Å². The third-order valence-corrected chi connectivity index (χ3v) is 5.82. The van der Waals surface area contributed by atoms with Gasteiger partial charge in [-0.05, 0) is 51.8 Å². The van der Waals surface area contributed by atoms with E-state index in [9.17, 15) is 28.6 Å². The molecule has 3 N–H and O–H groups in total. The summed E-state index contributed by atoms with van der Waals surface area (Å²) in [5.74, 6) is -1.42. The Bertz CT molecular complexity index is 918. The lowest BCUT2D eigenvalue weighted by atomic mass is 9.93. The number of nitrogens with one attached hydrogen (secondary N) is 1. The number of amides is 2. The quantitative estimate of drug-likeness (QED) is 0.448. The number of carbonyl (C=O) groups excluding carboxylic acids is 2. The monoisotopic (exact) mass is 530 g/mol. The van der Waals surface area contributed by atoms with Crippen LogP contribution in [0.25, 0.3) is 0 Å². The predicted molar refractivity (Wildman–Crippen MR) is 132 cm³/mol. The van der Waals surface area contributed by atoms with Gasteiger partial charge in [-0.25, -0.2) is 9.18 Å². The van der Waals surface area contributed by atoms with Gasteiger partial charge in [0.15, 0.2) is 6.29 Å². The third-order valence-electron chi connectivity index (χ3n) is 5.82. The molecule has 0 radical (unpaired) electrons. The van der Waals surface area contributed by atoms with Crippen LogP contribution in [-0.2, 0) is 25.4 Å². The smallest absolute Gasteiger partial charge is 0.411 e. The number of hydrogen-bond acceptors (Lipinski definition) is 7. The van der Waals surface area contributed by atoms with Crippen molar-refractivity contribution in [3.05, 3.63) is 29.6 Å². The molecule has 37 heavy (non-hydrogen) atoms. The molecule has 0 bridgehead atoms. The van der Waals surface area contributed by atoms with Crippen LogP contribution in [0.3, 0.4) is 0 Å². The van der Waals surface area contributed by atoms with Crippen LogP contribution in [-0.4, -0.2) is 83.1 Å². The van der Waals surface area contributed by atoms with Gasteiger partial charge in [0.25, 0.3) is 0 Å². The maximum absolute atomic E-state index is 13.9. The van der Waals surface area contributed by atoms with E-state index in [2.05, 4.69) is 5.32 Å². The Labute approximate surface area is 217 Å². The molecule has 9 nitrogen and oxygen atoms in total. The number of carbonyl (C=O) groups is 2. The van der Waals surface area contributed by atoms with Gasteiger partial charge in [-0.2, -0.15) is 0 Å². The summed E-state index contributed by atoms with van der Waals surface area (Å²) < 4.78 is 44.4. The summed E-state index contributed by atoms with van der Waals surface area (Å²) in [7, 11) is 0. The van der Waals surface area contributed by atoms with E-state index in [4.69, 9.17) is 14.2 Å². The summed E-state index contributed by atoms with van der Waals surface area (Å²) in [5, 5.41) is 23.8. The van der Waals surface area contributed by atoms with Crippen LogP contribution in [0.4, 0.5) is 13.6 Å². The molecule has 2 rings (SSSR count). The fraction of sp³-hybridized carbons (Fsp3) is 0.692. The summed E-state index contributed by atoms with van der Waals surface area (Å²) in [6, 6.07) is 0.773. The van der Waals surface area contributed by atoms with Gasteiger partial charge in [0.1, 0.15) is 17.2 Å². The maximum Gasteiger partial charge on any atom is 0.411 e. The van der Waals surface area contributed by atoms with Crippen LogP contribution < -0.4 is 5.32 Å². The highest BCUT2D eigenvalue weighted by Gasteiger charge is 2.46. The first-order chi connectivity index (χ1) is 17.0. The number of hydrogen-bond donors (Lipinski definition) is 3. The molecule has 1 aromatic rings. The molecule has 1 fully saturated rings. The van der Waals surface area contributed by atoms with Crippen molar-refractivity contribution in [1.82, 2.24) is 10.2 Å². The molecule has 11 heteroatoms. The lowest BCUT2D eigenvalue weighted by Gasteiger charge is -2.47. The van der Waals surface area contributed by atoms with E-state index >= 15 is 0 Å². The number of ether oxygens (including phenoxy) is 3. The topological polar surface area (TPSA) is 118 Å². The van der Waals surface area contributed by atoms with E-state index in [1.165, 1.54) is 24.0 Å². The molecule has 0 unspecified atom stereocenters. The third kappa shape index (κ3) is 9.08. The molecule has 1 saturated heterocycles. The van der Waals surface area contributed by atoms with Gasteiger partial charge in [-0.15, -0.1) is 0 Å². The van der Waals surface area contributed by atoms with Crippen molar-refractivity contribution < 1.29 is 42.8 Å². The molecular weight excluding hydrogens is 490 g/mol. The molecule has 2 amide bonds. The van der Waals surface area contributed by atoms with Gasteiger partial charge in [0.05, 0.1) is 44.1 Å². The van der Waals surface area contributed by atoms with E-state index in [0.29, 0.717) is 5.56 Å². The number of phenolic OH excluding ortho intramolecular Hbond substituents is 1. The number of aliphatic hydroxyl groups excluding tert-OH is 1. The molecule has 0 spiro atoms. The van der Waals surface area contributed by atoms with Crippen LogP contribution in [0.5, 0.6) is 5.75 Å². The first kappa shape index (κ1) is 30.7. The second kappa shape index (κ2) is 12.4. The molecule has 0 aliphatic carbocycles. The molecule has 0 aromatic heterocycles. The summed E-state index contributed by atoms with van der Waals surface area (Å²) in [6.45, 7) is 10.7. The van der Waals surface area contributed by atoms with E-state index in [1.54, 1.807) is 41.5 Å². The molecule has 1 aromatic carbocycles. The molecular formula is C26H40F2N2O7. The van der Waals surface area contributed by atoms with E-state index in [1.807, 2.05) is 0 Å². The van der Waals surface area contributed by atoms with Crippen LogP contribution in [0.1, 0.15) is 54.0 Å². The van der Waals surface area contributed by atoms with Crippen LogP contribution in [0.15, 0.2) is 18.2 Å². The van der Waals surface area contributed by atoms with Crippen molar-refractivity contribution >= 4 is 12.0 Å². The van der Waals surface area contributed by atoms with Gasteiger partial charge in [0, 0.05) is 18.4 Å². The Morgan fingerprint density at radius 1 is 1.24 bits per heavy atom. The number of morpholine rings is 1. The SMILES string of the molecule is CC(=O)N[C@@H](Cc1cc(O)cc(F)c1)[C@H](O)[C@H]1CO[C@@H](OCC(C)(C)CF)[C@H](C)N1C(=O)OC(C)(C)C. The number of benzene rings is 1. The minimum atomic E-state index is -1.37. The number of halogens is 2. The van der Waals surface area contributed by atoms with Gasteiger partial charge >= 0.3 is 6.09 Å². The lowest BCUT2D eigenvalue weighted by Crippen LogP contribution is -2.66. The molecule has 0 saturated carbocycles. The Kier molecular flexibility index (Phi) is 10.3. The fourth-order valence-corrected chi connectivity index (χ4v) is 4.05. The minimum Gasteiger partial charge on any atom is -0.508 e. The average Bonchev–Trinajstić information content (AvgIpc) is 2.74. The van der Waals surface area contributed by atoms with Gasteiger partial charge < -0.3 is 29.7 Å². The fourth-order valence-electron chi connectivity index (χ4n) is 4.05. The summed E-state index contributed by atoms with van der Waals surface area (Å²) in [4.78, 5) is 26.6. The number of aromatic hydroxyl groups is 1. The molecule has 1 heterocycles. The van der Waals surface area contributed by atoms with Crippen molar-refractivity contribution in [1.29, 1.82) is 0 Å². The summed E-state index contributed by atoms with van der Waals surface area (Å²) in [6.07, 6.45) is -3.05. The highest BCUT2D eigenvalue weighted by atomic mass is 19.1. The number of rotatable bonds is 9. The van der Waals surface area contributed by atoms with E-state index < -0.39 is 66.0 Å². The highest BCUT2D eigenvalue weighted by Crippen LogP contribution is 2.28. The Morgan fingerprint density at radius 2 is 1.89 bits per heavy atom. The Morgan fingerprint density at radius 3 is 2.43 bits per heavy atom. The predicted octanol–water partition coefficient (Wildman–Crippen LogP) is 3.30. The summed E-state index contributed by atoms with van der Waals surface area (Å²) >= 11 is 0. The zero-order valence-electron chi connectivity index (χ0n) is 22.6. The minimum absolute atomic E-state index is 0.0332. The van der Waals surface area contributed by atoms with Gasteiger partial charge in [0.2, 0.25) is 5.91 Å². The van der Waals surface area contributed by atoms with Crippen molar-refractivity contribution in [2.24, 2.45) is 5.41 Å². The number of aliphatic hydroxyl groups is 1. The highest BCUT2D eigenvalue weighted by molar-refractivity contribution is 5.73. The normalized spacial score (nSPS) is 22.3.